The first-order valence-electron chi connectivity index (χ1n) is 4.16. The summed E-state index contributed by atoms with van der Waals surface area (Å²) in [6, 6.07) is -0.210. The van der Waals surface area contributed by atoms with Crippen LogP contribution in [0.25, 0.3) is 0 Å². The quantitative estimate of drug-likeness (QED) is 0.497. The Bertz CT molecular complexity index is 155. The molecule has 3 heteroatoms. The molecule has 0 aromatic heterocycles. The zero-order valence-electron chi connectivity index (χ0n) is 7.96. The lowest BCUT2D eigenvalue weighted by Gasteiger charge is -2.10. The molecule has 0 aliphatic rings. The first-order valence-corrected chi connectivity index (χ1v) is 4.16. The summed E-state index contributed by atoms with van der Waals surface area (Å²) in [5.74, 6) is -0.210. The number of ether oxygens (including phenoxy) is 1. The van der Waals surface area contributed by atoms with Crippen LogP contribution in [-0.4, -0.2) is 26.2 Å². The number of carbonyl (C=O) groups excluding carboxylic acids is 1. The molecule has 0 rings (SSSR count). The van der Waals surface area contributed by atoms with Crippen molar-refractivity contribution in [1.82, 2.24) is 5.32 Å². The van der Waals surface area contributed by atoms with Crippen molar-refractivity contribution in [2.45, 2.75) is 25.8 Å². The Morgan fingerprint density at radius 3 is 2.67 bits per heavy atom. The van der Waals surface area contributed by atoms with E-state index >= 15 is 0 Å². The lowest BCUT2D eigenvalue weighted by molar-refractivity contribution is -0.142. The molecule has 0 aliphatic carbocycles. The second-order valence-corrected chi connectivity index (χ2v) is 2.48. The van der Waals surface area contributed by atoms with Crippen LogP contribution in [0.4, 0.5) is 0 Å². The van der Waals surface area contributed by atoms with Crippen LogP contribution in [0, 0.1) is 0 Å². The molecular weight excluding hydrogens is 154 g/mol. The van der Waals surface area contributed by atoms with E-state index in [1.165, 1.54) is 7.11 Å². The van der Waals surface area contributed by atoms with Crippen LogP contribution in [0.15, 0.2) is 12.2 Å². The zero-order valence-corrected chi connectivity index (χ0v) is 7.96. The van der Waals surface area contributed by atoms with Crippen molar-refractivity contribution >= 4 is 5.97 Å². The van der Waals surface area contributed by atoms with Gasteiger partial charge in [-0.1, -0.05) is 19.1 Å². The van der Waals surface area contributed by atoms with Gasteiger partial charge in [-0.25, -0.2) is 0 Å². The molecular formula is C9H17NO2. The maximum atomic E-state index is 11.0. The standard InChI is InChI=1S/C9H17NO2/c1-4-5-6-7-8(10-2)9(11)12-3/h5-6,8,10H,4,7H2,1-3H3/b6-5+. The van der Waals surface area contributed by atoms with Gasteiger partial charge in [-0.2, -0.15) is 0 Å². The number of nitrogens with one attached hydrogen (secondary N) is 1. The molecule has 0 saturated heterocycles. The molecule has 1 atom stereocenters. The minimum absolute atomic E-state index is 0.210. The molecule has 0 aliphatic heterocycles. The van der Waals surface area contributed by atoms with E-state index in [1.54, 1.807) is 7.05 Å². The molecule has 0 heterocycles. The lowest BCUT2D eigenvalue weighted by Crippen LogP contribution is -2.34. The number of rotatable bonds is 5. The van der Waals surface area contributed by atoms with E-state index in [9.17, 15) is 4.79 Å². The van der Waals surface area contributed by atoms with Crippen LogP contribution in [-0.2, 0) is 9.53 Å². The molecule has 0 bridgehead atoms. The number of allylic oxidation sites excluding steroid dienone is 1. The summed E-state index contributed by atoms with van der Waals surface area (Å²) in [7, 11) is 3.15. The third kappa shape index (κ3) is 4.13. The van der Waals surface area contributed by atoms with Crippen LogP contribution in [0.2, 0.25) is 0 Å². The van der Waals surface area contributed by atoms with Gasteiger partial charge in [0.25, 0.3) is 0 Å². The highest BCUT2D eigenvalue weighted by molar-refractivity contribution is 5.75. The Balaban J connectivity index is 3.82. The Labute approximate surface area is 73.8 Å². The van der Waals surface area contributed by atoms with Crippen molar-refractivity contribution < 1.29 is 9.53 Å². The molecule has 0 radical (unpaired) electrons. The van der Waals surface area contributed by atoms with Crippen molar-refractivity contribution in [3.63, 3.8) is 0 Å². The summed E-state index contributed by atoms with van der Waals surface area (Å²) in [6.45, 7) is 2.06. The van der Waals surface area contributed by atoms with E-state index in [0.29, 0.717) is 6.42 Å². The van der Waals surface area contributed by atoms with Gasteiger partial charge in [-0.15, -0.1) is 0 Å². The zero-order chi connectivity index (χ0) is 9.40. The largest absolute Gasteiger partial charge is 0.468 e. The van der Waals surface area contributed by atoms with E-state index in [0.717, 1.165) is 6.42 Å². The summed E-state index contributed by atoms with van der Waals surface area (Å²) in [6.07, 6.45) is 5.71. The van der Waals surface area contributed by atoms with Gasteiger partial charge in [0.05, 0.1) is 7.11 Å². The summed E-state index contributed by atoms with van der Waals surface area (Å²) in [5, 5.41) is 2.89. The third-order valence-electron chi connectivity index (χ3n) is 1.61. The SMILES string of the molecule is CC/C=C/CC(NC)C(=O)OC. The highest BCUT2D eigenvalue weighted by Crippen LogP contribution is 1.96. The minimum Gasteiger partial charge on any atom is -0.468 e. The Morgan fingerprint density at radius 2 is 2.25 bits per heavy atom. The fourth-order valence-electron chi connectivity index (χ4n) is 0.873. The molecule has 0 amide bonds. The van der Waals surface area contributed by atoms with Gasteiger partial charge in [0.1, 0.15) is 6.04 Å². The first kappa shape index (κ1) is 11.2. The monoisotopic (exact) mass is 171 g/mol. The number of esters is 1. The topological polar surface area (TPSA) is 38.3 Å². The lowest BCUT2D eigenvalue weighted by atomic mass is 10.2. The van der Waals surface area contributed by atoms with Crippen LogP contribution in [0.1, 0.15) is 19.8 Å². The average Bonchev–Trinajstić information content (AvgIpc) is 2.11. The first-order chi connectivity index (χ1) is 5.76. The molecule has 12 heavy (non-hydrogen) atoms. The second-order valence-electron chi connectivity index (χ2n) is 2.48. The second kappa shape index (κ2) is 6.85. The molecule has 0 fully saturated rings. The molecule has 0 saturated carbocycles. The van der Waals surface area contributed by atoms with Crippen molar-refractivity contribution in [2.24, 2.45) is 0 Å². The summed E-state index contributed by atoms with van der Waals surface area (Å²) < 4.78 is 4.60. The molecule has 0 spiro atoms. The summed E-state index contributed by atoms with van der Waals surface area (Å²) >= 11 is 0. The third-order valence-corrected chi connectivity index (χ3v) is 1.61. The summed E-state index contributed by atoms with van der Waals surface area (Å²) in [4.78, 5) is 11.0. The van der Waals surface area contributed by atoms with Crippen LogP contribution >= 0.6 is 0 Å². The minimum atomic E-state index is -0.210. The number of carbonyl (C=O) groups is 1. The Kier molecular flexibility index (Phi) is 6.38. The van der Waals surface area contributed by atoms with E-state index in [1.807, 2.05) is 12.2 Å². The highest BCUT2D eigenvalue weighted by Gasteiger charge is 2.13. The molecule has 3 nitrogen and oxygen atoms in total. The fourth-order valence-corrected chi connectivity index (χ4v) is 0.873. The normalized spacial score (nSPS) is 13.2. The molecule has 1 unspecified atom stereocenters. The van der Waals surface area contributed by atoms with Crippen molar-refractivity contribution in [1.29, 1.82) is 0 Å². The number of hydrogen-bond donors (Lipinski definition) is 1. The van der Waals surface area contributed by atoms with E-state index in [2.05, 4.69) is 17.0 Å². The van der Waals surface area contributed by atoms with Gasteiger partial charge < -0.3 is 10.1 Å². The molecule has 70 valence electrons. The fraction of sp³-hybridized carbons (Fsp3) is 0.667. The predicted molar refractivity (Wildman–Crippen MR) is 48.9 cm³/mol. The van der Waals surface area contributed by atoms with Gasteiger partial charge >= 0.3 is 5.97 Å². The van der Waals surface area contributed by atoms with Crippen LogP contribution in [0.3, 0.4) is 0 Å². The Morgan fingerprint density at radius 1 is 1.58 bits per heavy atom. The average molecular weight is 171 g/mol. The van der Waals surface area contributed by atoms with E-state index in [-0.39, 0.29) is 12.0 Å². The van der Waals surface area contributed by atoms with Crippen molar-refractivity contribution in [2.75, 3.05) is 14.2 Å². The van der Waals surface area contributed by atoms with Crippen LogP contribution in [0.5, 0.6) is 0 Å². The van der Waals surface area contributed by atoms with Crippen LogP contribution < -0.4 is 5.32 Å². The van der Waals surface area contributed by atoms with Crippen molar-refractivity contribution in [3.8, 4) is 0 Å². The van der Waals surface area contributed by atoms with Gasteiger partial charge in [-0.05, 0) is 19.9 Å². The Hall–Kier alpha value is -0.830. The van der Waals surface area contributed by atoms with Gasteiger partial charge in [0, 0.05) is 0 Å². The number of likely N-dealkylation sites (N-methyl/N-ethyl adjacent to an activating group) is 1. The highest BCUT2D eigenvalue weighted by atomic mass is 16.5. The van der Waals surface area contributed by atoms with E-state index < -0.39 is 0 Å². The number of hydrogen-bond acceptors (Lipinski definition) is 3. The maximum absolute atomic E-state index is 11.0. The molecule has 0 aromatic rings. The summed E-state index contributed by atoms with van der Waals surface area (Å²) in [5.41, 5.74) is 0. The van der Waals surface area contributed by atoms with Gasteiger partial charge in [0.15, 0.2) is 0 Å². The molecule has 0 aromatic carbocycles. The predicted octanol–water partition coefficient (Wildman–Crippen LogP) is 1.10. The smallest absolute Gasteiger partial charge is 0.323 e. The van der Waals surface area contributed by atoms with Crippen molar-refractivity contribution in [3.05, 3.63) is 12.2 Å². The number of methoxy groups -OCH3 is 1. The van der Waals surface area contributed by atoms with Gasteiger partial charge in [-0.3, -0.25) is 4.79 Å². The molecule has 1 N–H and O–H groups in total. The van der Waals surface area contributed by atoms with E-state index in [4.69, 9.17) is 0 Å². The van der Waals surface area contributed by atoms with Gasteiger partial charge in [0.2, 0.25) is 0 Å². The maximum Gasteiger partial charge on any atom is 0.323 e.